The number of furan rings is 1. The molecule has 2 aromatic rings. The van der Waals surface area contributed by atoms with Gasteiger partial charge in [-0.15, -0.1) is 11.8 Å². The third kappa shape index (κ3) is 3.91. The molecule has 1 aromatic heterocycles. The quantitative estimate of drug-likeness (QED) is 0.758. The Morgan fingerprint density at radius 2 is 2.00 bits per heavy atom. The van der Waals surface area contributed by atoms with Crippen LogP contribution in [0.4, 0.5) is 0 Å². The van der Waals surface area contributed by atoms with Crippen molar-refractivity contribution >= 4 is 27.8 Å². The van der Waals surface area contributed by atoms with Crippen molar-refractivity contribution in [2.45, 2.75) is 16.6 Å². The number of benzene rings is 1. The van der Waals surface area contributed by atoms with Crippen molar-refractivity contribution in [2.75, 3.05) is 26.0 Å². The maximum absolute atomic E-state index is 12.9. The summed E-state index contributed by atoms with van der Waals surface area (Å²) in [5.41, 5.74) is 0.325. The van der Waals surface area contributed by atoms with Gasteiger partial charge in [-0.3, -0.25) is 0 Å². The first kappa shape index (κ1) is 18.0. The van der Waals surface area contributed by atoms with Crippen LogP contribution in [0.1, 0.15) is 27.8 Å². The summed E-state index contributed by atoms with van der Waals surface area (Å²) >= 11 is 1.71. The molecule has 0 amide bonds. The lowest BCUT2D eigenvalue weighted by Gasteiger charge is -2.20. The van der Waals surface area contributed by atoms with Gasteiger partial charge in [0.05, 0.1) is 29.1 Å². The summed E-state index contributed by atoms with van der Waals surface area (Å²) in [6.45, 7) is 0.877. The van der Waals surface area contributed by atoms with E-state index in [0.717, 1.165) is 5.76 Å². The second-order valence-electron chi connectivity index (χ2n) is 5.58. The second kappa shape index (κ2) is 7.63. The van der Waals surface area contributed by atoms with Gasteiger partial charge in [0.15, 0.2) is 0 Å². The van der Waals surface area contributed by atoms with E-state index in [0.29, 0.717) is 30.8 Å². The minimum absolute atomic E-state index is 0.164. The summed E-state index contributed by atoms with van der Waals surface area (Å²) in [6, 6.07) is 9.60. The molecular formula is C17H19NO5S2. The van der Waals surface area contributed by atoms with Crippen LogP contribution in [0, 0.1) is 0 Å². The van der Waals surface area contributed by atoms with E-state index in [2.05, 4.69) is 4.74 Å². The topological polar surface area (TPSA) is 76.8 Å². The Morgan fingerprint density at radius 1 is 1.24 bits per heavy atom. The molecule has 0 bridgehead atoms. The number of nitrogens with zero attached hydrogens (tertiary/aromatic N) is 1. The van der Waals surface area contributed by atoms with Gasteiger partial charge >= 0.3 is 5.97 Å². The van der Waals surface area contributed by atoms with Crippen molar-refractivity contribution in [2.24, 2.45) is 0 Å². The summed E-state index contributed by atoms with van der Waals surface area (Å²) in [5.74, 6) is 1.09. The molecule has 1 aliphatic rings. The summed E-state index contributed by atoms with van der Waals surface area (Å²) < 4.78 is 37.3. The SMILES string of the molecule is COC(=O)c1ccc(S(=O)(=O)N2CCSC(c3ccco3)CC2)cc1. The summed E-state index contributed by atoms with van der Waals surface area (Å²) in [4.78, 5) is 11.7. The fourth-order valence-corrected chi connectivity index (χ4v) is 5.47. The van der Waals surface area contributed by atoms with Gasteiger partial charge in [0.2, 0.25) is 10.0 Å². The van der Waals surface area contributed by atoms with Gasteiger partial charge in [-0.1, -0.05) is 0 Å². The third-order valence-corrected chi connectivity index (χ3v) is 7.28. The third-order valence-electron chi connectivity index (χ3n) is 4.07. The molecule has 1 fully saturated rings. The lowest BCUT2D eigenvalue weighted by atomic mass is 10.2. The molecule has 6 nitrogen and oxygen atoms in total. The molecule has 0 saturated carbocycles. The summed E-state index contributed by atoms with van der Waals surface area (Å²) in [7, 11) is -2.30. The van der Waals surface area contributed by atoms with E-state index < -0.39 is 16.0 Å². The van der Waals surface area contributed by atoms with Gasteiger partial charge in [0, 0.05) is 18.8 Å². The van der Waals surface area contributed by atoms with E-state index in [4.69, 9.17) is 4.42 Å². The second-order valence-corrected chi connectivity index (χ2v) is 8.83. The maximum atomic E-state index is 12.9. The molecule has 1 saturated heterocycles. The van der Waals surface area contributed by atoms with Crippen LogP contribution in [0.25, 0.3) is 0 Å². The van der Waals surface area contributed by atoms with Crippen molar-refractivity contribution in [1.82, 2.24) is 4.31 Å². The monoisotopic (exact) mass is 381 g/mol. The standard InChI is InChI=1S/C17H19NO5S2/c1-22-17(19)13-4-6-14(7-5-13)25(20,21)18-9-8-16(24-12-10-18)15-3-2-11-23-15/h2-7,11,16H,8-10,12H2,1H3. The Labute approximate surface area is 151 Å². The predicted octanol–water partition coefficient (Wildman–Crippen LogP) is 2.94. The van der Waals surface area contributed by atoms with E-state index in [-0.39, 0.29) is 10.1 Å². The Kier molecular flexibility index (Phi) is 5.51. The van der Waals surface area contributed by atoms with Gasteiger partial charge in [0.25, 0.3) is 0 Å². The van der Waals surface area contributed by atoms with Crippen molar-refractivity contribution < 1.29 is 22.4 Å². The van der Waals surface area contributed by atoms with E-state index >= 15 is 0 Å². The smallest absolute Gasteiger partial charge is 0.337 e. The van der Waals surface area contributed by atoms with Crippen LogP contribution in [0.5, 0.6) is 0 Å². The molecule has 134 valence electrons. The van der Waals surface area contributed by atoms with Crippen LogP contribution in [-0.4, -0.2) is 44.6 Å². The van der Waals surface area contributed by atoms with Crippen LogP contribution < -0.4 is 0 Å². The van der Waals surface area contributed by atoms with E-state index in [1.165, 1.54) is 35.7 Å². The molecule has 1 aromatic carbocycles. The Hall–Kier alpha value is -1.77. The van der Waals surface area contributed by atoms with E-state index in [1.807, 2.05) is 12.1 Å². The molecule has 25 heavy (non-hydrogen) atoms. The van der Waals surface area contributed by atoms with Gasteiger partial charge in [-0.25, -0.2) is 13.2 Å². The predicted molar refractivity (Wildman–Crippen MR) is 95.1 cm³/mol. The molecule has 2 heterocycles. The highest BCUT2D eigenvalue weighted by Crippen LogP contribution is 2.35. The minimum atomic E-state index is -3.59. The maximum Gasteiger partial charge on any atom is 0.337 e. The zero-order valence-electron chi connectivity index (χ0n) is 13.8. The lowest BCUT2D eigenvalue weighted by molar-refractivity contribution is 0.0600. The Balaban J connectivity index is 1.74. The first-order chi connectivity index (χ1) is 12.0. The van der Waals surface area contributed by atoms with Crippen LogP contribution in [-0.2, 0) is 14.8 Å². The number of carbonyl (C=O) groups excluding carboxylic acids is 1. The van der Waals surface area contributed by atoms with E-state index in [1.54, 1.807) is 18.0 Å². The highest BCUT2D eigenvalue weighted by atomic mass is 32.2. The number of sulfonamides is 1. The average molecular weight is 381 g/mol. The van der Waals surface area contributed by atoms with Crippen molar-refractivity contribution in [3.63, 3.8) is 0 Å². The minimum Gasteiger partial charge on any atom is -0.468 e. The lowest BCUT2D eigenvalue weighted by Crippen LogP contribution is -2.33. The number of hydrogen-bond acceptors (Lipinski definition) is 6. The normalized spacial score (nSPS) is 19.3. The molecule has 8 heteroatoms. The van der Waals surface area contributed by atoms with Gasteiger partial charge in [-0.2, -0.15) is 4.31 Å². The van der Waals surface area contributed by atoms with Crippen molar-refractivity contribution in [3.8, 4) is 0 Å². The molecule has 1 aliphatic heterocycles. The van der Waals surface area contributed by atoms with Gasteiger partial charge in [0.1, 0.15) is 5.76 Å². The first-order valence-electron chi connectivity index (χ1n) is 7.86. The largest absolute Gasteiger partial charge is 0.468 e. The molecular weight excluding hydrogens is 362 g/mol. The number of esters is 1. The highest BCUT2D eigenvalue weighted by molar-refractivity contribution is 7.99. The number of carbonyl (C=O) groups is 1. The highest BCUT2D eigenvalue weighted by Gasteiger charge is 2.29. The number of rotatable bonds is 4. The number of ether oxygens (including phenoxy) is 1. The number of hydrogen-bond donors (Lipinski definition) is 0. The molecule has 3 rings (SSSR count). The van der Waals surface area contributed by atoms with Crippen LogP contribution in [0.3, 0.4) is 0 Å². The van der Waals surface area contributed by atoms with Crippen molar-refractivity contribution in [3.05, 3.63) is 54.0 Å². The average Bonchev–Trinajstić information content (AvgIpc) is 3.05. The fourth-order valence-electron chi connectivity index (χ4n) is 2.72. The summed E-state index contributed by atoms with van der Waals surface area (Å²) in [6.07, 6.45) is 2.33. The zero-order valence-corrected chi connectivity index (χ0v) is 15.4. The Bertz CT molecular complexity index is 815. The van der Waals surface area contributed by atoms with Gasteiger partial charge < -0.3 is 9.15 Å². The summed E-state index contributed by atoms with van der Waals surface area (Å²) in [5, 5.41) is 0.164. The molecule has 1 atom stereocenters. The molecule has 0 spiro atoms. The zero-order chi connectivity index (χ0) is 17.9. The molecule has 0 N–H and O–H groups in total. The van der Waals surface area contributed by atoms with Crippen molar-refractivity contribution in [1.29, 1.82) is 0 Å². The van der Waals surface area contributed by atoms with Gasteiger partial charge in [-0.05, 0) is 42.8 Å². The molecule has 0 aliphatic carbocycles. The first-order valence-corrected chi connectivity index (χ1v) is 10.3. The van der Waals surface area contributed by atoms with Crippen LogP contribution in [0.2, 0.25) is 0 Å². The Morgan fingerprint density at radius 3 is 2.64 bits per heavy atom. The van der Waals surface area contributed by atoms with E-state index in [9.17, 15) is 13.2 Å². The fraction of sp³-hybridized carbons (Fsp3) is 0.353. The number of thioether (sulfide) groups is 1. The molecule has 0 radical (unpaired) electrons. The van der Waals surface area contributed by atoms with Crippen LogP contribution in [0.15, 0.2) is 52.0 Å². The number of methoxy groups -OCH3 is 1. The van der Waals surface area contributed by atoms with Crippen LogP contribution >= 0.6 is 11.8 Å². The molecule has 1 unspecified atom stereocenters.